The topological polar surface area (TPSA) is 66.9 Å². The fraction of sp³-hybridized carbons (Fsp3) is 0.133. The van der Waals surface area contributed by atoms with E-state index in [0.717, 1.165) is 24.9 Å². The largest absolute Gasteiger partial charge is 0.338 e. The number of urea groups is 1. The van der Waals surface area contributed by atoms with Crippen LogP contribution in [0.4, 0.5) is 9.93 Å². The average molecular weight is 424 g/mol. The van der Waals surface area contributed by atoms with E-state index >= 15 is 0 Å². The maximum atomic E-state index is 11.6. The SMILES string of the molecule is CCNC(=O)Nc1nc2cc(I)cc(-c3cccnc3)c2s1. The number of carbonyl (C=O) groups excluding carboxylic acids is 1. The van der Waals surface area contributed by atoms with Crippen molar-refractivity contribution in [3.8, 4) is 11.1 Å². The number of halogens is 1. The van der Waals surface area contributed by atoms with Crippen molar-refractivity contribution in [1.29, 1.82) is 0 Å². The van der Waals surface area contributed by atoms with Gasteiger partial charge in [-0.2, -0.15) is 0 Å². The van der Waals surface area contributed by atoms with Crippen molar-refractivity contribution in [2.24, 2.45) is 0 Å². The standard InChI is InChI=1S/C15H13IN4OS/c1-2-18-14(21)20-15-19-12-7-10(16)6-11(13(12)22-15)9-4-3-5-17-8-9/h3-8H,2H2,1H3,(H2,18,19,20,21). The van der Waals surface area contributed by atoms with Crippen molar-refractivity contribution >= 4 is 55.3 Å². The highest BCUT2D eigenvalue weighted by Gasteiger charge is 2.12. The smallest absolute Gasteiger partial charge is 0.321 e. The minimum Gasteiger partial charge on any atom is -0.338 e. The first-order valence-corrected chi connectivity index (χ1v) is 8.62. The molecular formula is C15H13IN4OS. The highest BCUT2D eigenvalue weighted by atomic mass is 127. The van der Waals surface area contributed by atoms with E-state index in [1.165, 1.54) is 11.3 Å². The van der Waals surface area contributed by atoms with Gasteiger partial charge in [0, 0.05) is 33.6 Å². The number of nitrogens with one attached hydrogen (secondary N) is 2. The number of hydrogen-bond acceptors (Lipinski definition) is 4. The maximum Gasteiger partial charge on any atom is 0.321 e. The van der Waals surface area contributed by atoms with Gasteiger partial charge in [0.15, 0.2) is 5.13 Å². The van der Waals surface area contributed by atoms with Crippen LogP contribution in [-0.2, 0) is 0 Å². The third kappa shape index (κ3) is 3.20. The number of benzene rings is 1. The lowest BCUT2D eigenvalue weighted by Crippen LogP contribution is -2.28. The van der Waals surface area contributed by atoms with Crippen LogP contribution in [0.5, 0.6) is 0 Å². The summed E-state index contributed by atoms with van der Waals surface area (Å²) in [7, 11) is 0. The summed E-state index contributed by atoms with van der Waals surface area (Å²) < 4.78 is 2.14. The molecule has 0 saturated carbocycles. The molecule has 0 saturated heterocycles. The normalized spacial score (nSPS) is 10.6. The zero-order chi connectivity index (χ0) is 15.5. The number of fused-ring (bicyclic) bond motifs is 1. The Labute approximate surface area is 145 Å². The number of carbonyl (C=O) groups is 1. The molecule has 2 aromatic heterocycles. The number of anilines is 1. The van der Waals surface area contributed by atoms with Gasteiger partial charge in [0.1, 0.15) is 0 Å². The third-order valence-corrected chi connectivity index (χ3v) is 4.63. The van der Waals surface area contributed by atoms with Crippen molar-refractivity contribution in [2.75, 3.05) is 11.9 Å². The Bertz CT molecular complexity index is 819. The third-order valence-electron chi connectivity index (χ3n) is 2.99. The summed E-state index contributed by atoms with van der Waals surface area (Å²) in [6.45, 7) is 2.45. The van der Waals surface area contributed by atoms with E-state index in [2.05, 4.69) is 49.3 Å². The summed E-state index contributed by atoms with van der Waals surface area (Å²) in [6, 6.07) is 7.81. The molecule has 3 aromatic rings. The zero-order valence-electron chi connectivity index (χ0n) is 11.8. The van der Waals surface area contributed by atoms with E-state index in [1.807, 2.05) is 31.3 Å². The lowest BCUT2D eigenvalue weighted by molar-refractivity contribution is 0.252. The Morgan fingerprint density at radius 1 is 1.41 bits per heavy atom. The van der Waals surface area contributed by atoms with Gasteiger partial charge in [-0.25, -0.2) is 9.78 Å². The number of aromatic nitrogens is 2. The molecule has 0 aliphatic carbocycles. The van der Waals surface area contributed by atoms with Gasteiger partial charge in [-0.15, -0.1) is 0 Å². The van der Waals surface area contributed by atoms with Crippen molar-refractivity contribution in [3.63, 3.8) is 0 Å². The van der Waals surface area contributed by atoms with Crippen LogP contribution in [0.1, 0.15) is 6.92 Å². The number of rotatable bonds is 3. The highest BCUT2D eigenvalue weighted by molar-refractivity contribution is 14.1. The Hall–Kier alpha value is -1.74. The van der Waals surface area contributed by atoms with Gasteiger partial charge in [-0.05, 0) is 47.7 Å². The van der Waals surface area contributed by atoms with Crippen LogP contribution in [0.15, 0.2) is 36.7 Å². The second-order valence-corrected chi connectivity index (χ2v) is 6.79. The average Bonchev–Trinajstić information content (AvgIpc) is 2.89. The molecule has 112 valence electrons. The minimum absolute atomic E-state index is 0.237. The van der Waals surface area contributed by atoms with Crippen LogP contribution in [0.25, 0.3) is 21.3 Å². The van der Waals surface area contributed by atoms with E-state index in [1.54, 1.807) is 6.20 Å². The molecule has 0 unspecified atom stereocenters. The van der Waals surface area contributed by atoms with Crippen molar-refractivity contribution < 1.29 is 4.79 Å². The number of nitrogens with zero attached hydrogens (tertiary/aromatic N) is 2. The molecule has 22 heavy (non-hydrogen) atoms. The molecular weight excluding hydrogens is 411 g/mol. The fourth-order valence-electron chi connectivity index (χ4n) is 2.09. The monoisotopic (exact) mass is 424 g/mol. The minimum atomic E-state index is -0.237. The van der Waals surface area contributed by atoms with Crippen LogP contribution in [0, 0.1) is 3.57 Å². The zero-order valence-corrected chi connectivity index (χ0v) is 14.7. The maximum absolute atomic E-state index is 11.6. The molecule has 0 bridgehead atoms. The number of hydrogen-bond donors (Lipinski definition) is 2. The molecule has 0 aliphatic rings. The lowest BCUT2D eigenvalue weighted by Gasteiger charge is -2.03. The predicted octanol–water partition coefficient (Wildman–Crippen LogP) is 4.10. The predicted molar refractivity (Wildman–Crippen MR) is 98.3 cm³/mol. The van der Waals surface area contributed by atoms with Gasteiger partial charge in [-0.1, -0.05) is 17.4 Å². The summed E-state index contributed by atoms with van der Waals surface area (Å²) in [4.78, 5) is 20.3. The van der Waals surface area contributed by atoms with Gasteiger partial charge in [0.25, 0.3) is 0 Å². The number of amides is 2. The second-order valence-electron chi connectivity index (χ2n) is 4.55. The summed E-state index contributed by atoms with van der Waals surface area (Å²) >= 11 is 3.74. The van der Waals surface area contributed by atoms with Gasteiger partial charge in [0.05, 0.1) is 10.2 Å². The quantitative estimate of drug-likeness (QED) is 0.623. The van der Waals surface area contributed by atoms with Gasteiger partial charge >= 0.3 is 6.03 Å². The molecule has 2 N–H and O–H groups in total. The Balaban J connectivity index is 2.06. The summed E-state index contributed by atoms with van der Waals surface area (Å²) in [5.41, 5.74) is 3.00. The van der Waals surface area contributed by atoms with E-state index in [0.29, 0.717) is 11.7 Å². The second kappa shape index (κ2) is 6.57. The molecule has 7 heteroatoms. The van der Waals surface area contributed by atoms with Gasteiger partial charge < -0.3 is 5.32 Å². The van der Waals surface area contributed by atoms with Crippen LogP contribution in [0.2, 0.25) is 0 Å². The first kappa shape index (κ1) is 15.2. The summed E-state index contributed by atoms with van der Waals surface area (Å²) in [5, 5.41) is 6.06. The molecule has 0 spiro atoms. The molecule has 0 aliphatic heterocycles. The lowest BCUT2D eigenvalue weighted by atomic mass is 10.1. The Kier molecular flexibility index (Phi) is 4.53. The van der Waals surface area contributed by atoms with E-state index in [4.69, 9.17) is 0 Å². The first-order valence-electron chi connectivity index (χ1n) is 6.72. The first-order chi connectivity index (χ1) is 10.7. The van der Waals surface area contributed by atoms with Crippen molar-refractivity contribution in [1.82, 2.24) is 15.3 Å². The van der Waals surface area contributed by atoms with Gasteiger partial charge in [0.2, 0.25) is 0 Å². The Morgan fingerprint density at radius 3 is 3.00 bits per heavy atom. The molecule has 2 heterocycles. The van der Waals surface area contributed by atoms with Crippen molar-refractivity contribution in [2.45, 2.75) is 6.92 Å². The molecule has 3 rings (SSSR count). The van der Waals surface area contributed by atoms with Crippen molar-refractivity contribution in [3.05, 3.63) is 40.2 Å². The molecule has 0 radical (unpaired) electrons. The van der Waals surface area contributed by atoms with Gasteiger partial charge in [-0.3, -0.25) is 10.3 Å². The van der Waals surface area contributed by atoms with E-state index in [9.17, 15) is 4.79 Å². The molecule has 2 amide bonds. The number of pyridine rings is 1. The van der Waals surface area contributed by atoms with Crippen LogP contribution < -0.4 is 10.6 Å². The number of thiazole rings is 1. The van der Waals surface area contributed by atoms with E-state index < -0.39 is 0 Å². The fourth-order valence-corrected chi connectivity index (χ4v) is 3.67. The molecule has 1 aromatic carbocycles. The highest BCUT2D eigenvalue weighted by Crippen LogP contribution is 2.36. The Morgan fingerprint density at radius 2 is 2.27 bits per heavy atom. The molecule has 0 fully saturated rings. The summed E-state index contributed by atoms with van der Waals surface area (Å²) in [5.74, 6) is 0. The molecule has 0 atom stereocenters. The molecule has 5 nitrogen and oxygen atoms in total. The van der Waals surface area contributed by atoms with Crippen LogP contribution in [0.3, 0.4) is 0 Å². The van der Waals surface area contributed by atoms with Crippen LogP contribution in [-0.4, -0.2) is 22.5 Å². The summed E-state index contributed by atoms with van der Waals surface area (Å²) in [6.07, 6.45) is 3.59. The van der Waals surface area contributed by atoms with Crippen LogP contribution >= 0.6 is 33.9 Å². The van der Waals surface area contributed by atoms with E-state index in [-0.39, 0.29) is 6.03 Å².